The van der Waals surface area contributed by atoms with E-state index in [1.165, 1.54) is 4.68 Å². The molecule has 0 atom stereocenters. The zero-order chi connectivity index (χ0) is 10.8. The van der Waals surface area contributed by atoms with Gasteiger partial charge in [0.15, 0.2) is 5.82 Å². The highest BCUT2D eigenvalue weighted by Gasteiger charge is 2.10. The van der Waals surface area contributed by atoms with Crippen LogP contribution in [0.25, 0.3) is 5.82 Å². The summed E-state index contributed by atoms with van der Waals surface area (Å²) in [4.78, 5) is 19.0. The molecule has 0 unspecified atom stereocenters. The van der Waals surface area contributed by atoms with Gasteiger partial charge in [-0.15, -0.1) is 0 Å². The van der Waals surface area contributed by atoms with Gasteiger partial charge in [0.2, 0.25) is 0 Å². The van der Waals surface area contributed by atoms with E-state index in [4.69, 9.17) is 5.73 Å². The molecule has 0 aliphatic carbocycles. The smallest absolute Gasteiger partial charge is 0.252 e. The van der Waals surface area contributed by atoms with Crippen LogP contribution in [0.2, 0.25) is 0 Å². The van der Waals surface area contributed by atoms with E-state index in [0.717, 1.165) is 0 Å². The van der Waals surface area contributed by atoms with Crippen molar-refractivity contribution < 1.29 is 4.79 Å². The first-order valence-corrected chi connectivity index (χ1v) is 4.31. The van der Waals surface area contributed by atoms with Crippen molar-refractivity contribution in [2.75, 3.05) is 0 Å². The molecular formula is C9H9N5O. The molecule has 0 spiro atoms. The van der Waals surface area contributed by atoms with Gasteiger partial charge in [-0.25, -0.2) is 9.67 Å². The van der Waals surface area contributed by atoms with Gasteiger partial charge in [-0.2, -0.15) is 5.10 Å². The first kappa shape index (κ1) is 9.32. The molecular weight excluding hydrogens is 194 g/mol. The molecule has 0 fully saturated rings. The van der Waals surface area contributed by atoms with Crippen LogP contribution >= 0.6 is 0 Å². The fourth-order valence-corrected chi connectivity index (χ4v) is 1.23. The summed E-state index contributed by atoms with van der Waals surface area (Å²) in [6, 6.07) is 0. The summed E-state index contributed by atoms with van der Waals surface area (Å²) in [5, 5.41) is 4.12. The van der Waals surface area contributed by atoms with E-state index in [1.807, 2.05) is 0 Å². The summed E-state index contributed by atoms with van der Waals surface area (Å²) in [5.41, 5.74) is 6.14. The maximum absolute atomic E-state index is 11.0. The van der Waals surface area contributed by atoms with E-state index >= 15 is 0 Å². The number of carbonyl (C=O) groups is 1. The first-order chi connectivity index (χ1) is 7.18. The number of hydrogen-bond acceptors (Lipinski definition) is 4. The predicted molar refractivity (Wildman–Crippen MR) is 52.4 cm³/mol. The topological polar surface area (TPSA) is 86.7 Å². The maximum atomic E-state index is 11.0. The second-order valence-corrected chi connectivity index (χ2v) is 3.00. The molecule has 0 saturated carbocycles. The fourth-order valence-electron chi connectivity index (χ4n) is 1.23. The molecule has 2 aromatic heterocycles. The molecule has 0 bridgehead atoms. The Morgan fingerprint density at radius 2 is 2.27 bits per heavy atom. The number of hydrogen-bond donors (Lipinski definition) is 1. The summed E-state index contributed by atoms with van der Waals surface area (Å²) in [5.74, 6) is 0.0516. The van der Waals surface area contributed by atoms with Crippen molar-refractivity contribution in [2.24, 2.45) is 5.73 Å². The van der Waals surface area contributed by atoms with E-state index in [0.29, 0.717) is 17.1 Å². The molecule has 0 radical (unpaired) electrons. The normalized spacial score (nSPS) is 10.2. The quantitative estimate of drug-likeness (QED) is 0.748. The lowest BCUT2D eigenvalue weighted by atomic mass is 10.2. The average molecular weight is 203 g/mol. The van der Waals surface area contributed by atoms with Crippen molar-refractivity contribution >= 4 is 5.91 Å². The molecule has 0 aromatic carbocycles. The van der Waals surface area contributed by atoms with Gasteiger partial charge >= 0.3 is 0 Å². The fraction of sp³-hybridized carbons (Fsp3) is 0.111. The minimum absolute atomic E-state index is 0.389. The predicted octanol–water partition coefficient (Wildman–Crippen LogP) is 0.0696. The van der Waals surface area contributed by atoms with Crippen LogP contribution < -0.4 is 5.73 Å². The van der Waals surface area contributed by atoms with E-state index in [1.54, 1.807) is 31.7 Å². The molecule has 2 heterocycles. The van der Waals surface area contributed by atoms with Crippen molar-refractivity contribution in [3.8, 4) is 5.82 Å². The molecule has 6 nitrogen and oxygen atoms in total. The second-order valence-electron chi connectivity index (χ2n) is 3.00. The Balaban J connectivity index is 2.48. The molecule has 0 saturated heterocycles. The van der Waals surface area contributed by atoms with Gasteiger partial charge in [0.05, 0.1) is 17.5 Å². The zero-order valence-corrected chi connectivity index (χ0v) is 8.08. The Morgan fingerprint density at radius 3 is 2.80 bits per heavy atom. The Bertz CT molecular complexity index is 490. The lowest BCUT2D eigenvalue weighted by Gasteiger charge is -1.96. The molecule has 6 heteroatoms. The van der Waals surface area contributed by atoms with Crippen molar-refractivity contribution in [1.82, 2.24) is 19.7 Å². The highest BCUT2D eigenvalue weighted by atomic mass is 16.1. The highest BCUT2D eigenvalue weighted by molar-refractivity contribution is 5.93. The van der Waals surface area contributed by atoms with Crippen LogP contribution in [0.3, 0.4) is 0 Å². The van der Waals surface area contributed by atoms with E-state index in [-0.39, 0.29) is 0 Å². The van der Waals surface area contributed by atoms with Gasteiger partial charge in [-0.3, -0.25) is 9.78 Å². The Morgan fingerprint density at radius 1 is 1.47 bits per heavy atom. The number of amides is 1. The number of nitrogens with two attached hydrogens (primary N) is 1. The third-order valence-corrected chi connectivity index (χ3v) is 1.95. The van der Waals surface area contributed by atoms with Gasteiger partial charge in [-0.05, 0) is 6.92 Å². The van der Waals surface area contributed by atoms with E-state index in [9.17, 15) is 4.79 Å². The SMILES string of the molecule is Cc1nn(-c2cnccn2)cc1C(N)=O. The molecule has 0 aliphatic rings. The number of carbonyl (C=O) groups excluding carboxylic acids is 1. The van der Waals surface area contributed by atoms with Gasteiger partial charge in [-0.1, -0.05) is 0 Å². The Labute approximate surface area is 85.8 Å². The number of aryl methyl sites for hydroxylation is 1. The lowest BCUT2D eigenvalue weighted by molar-refractivity contribution is 0.0999. The summed E-state index contributed by atoms with van der Waals surface area (Å²) >= 11 is 0. The van der Waals surface area contributed by atoms with Crippen molar-refractivity contribution in [1.29, 1.82) is 0 Å². The molecule has 1 amide bonds. The van der Waals surface area contributed by atoms with Crippen molar-refractivity contribution in [3.63, 3.8) is 0 Å². The van der Waals surface area contributed by atoms with Crippen LogP contribution in [-0.4, -0.2) is 25.7 Å². The second kappa shape index (κ2) is 3.49. The first-order valence-electron chi connectivity index (χ1n) is 4.31. The summed E-state index contributed by atoms with van der Waals surface area (Å²) < 4.78 is 1.47. The molecule has 15 heavy (non-hydrogen) atoms. The molecule has 2 aromatic rings. The number of rotatable bonds is 2. The third kappa shape index (κ3) is 1.69. The van der Waals surface area contributed by atoms with Crippen LogP contribution in [0.4, 0.5) is 0 Å². The van der Waals surface area contributed by atoms with Crippen molar-refractivity contribution in [2.45, 2.75) is 6.92 Å². The molecule has 2 rings (SSSR count). The lowest BCUT2D eigenvalue weighted by Crippen LogP contribution is -2.11. The minimum atomic E-state index is -0.498. The average Bonchev–Trinajstić information content (AvgIpc) is 2.62. The third-order valence-electron chi connectivity index (χ3n) is 1.95. The Kier molecular flexibility index (Phi) is 2.17. The van der Waals surface area contributed by atoms with Gasteiger partial charge in [0, 0.05) is 18.6 Å². The van der Waals surface area contributed by atoms with E-state index < -0.39 is 5.91 Å². The number of primary amides is 1. The van der Waals surface area contributed by atoms with Gasteiger partial charge in [0.1, 0.15) is 0 Å². The van der Waals surface area contributed by atoms with Gasteiger partial charge in [0.25, 0.3) is 5.91 Å². The summed E-state index contributed by atoms with van der Waals surface area (Å²) in [6.45, 7) is 1.72. The maximum Gasteiger partial charge on any atom is 0.252 e. The largest absolute Gasteiger partial charge is 0.365 e. The van der Waals surface area contributed by atoms with Crippen LogP contribution in [0.15, 0.2) is 24.8 Å². The summed E-state index contributed by atoms with van der Waals surface area (Å²) in [7, 11) is 0. The van der Waals surface area contributed by atoms with Crippen LogP contribution in [0.5, 0.6) is 0 Å². The molecule has 76 valence electrons. The monoisotopic (exact) mass is 203 g/mol. The van der Waals surface area contributed by atoms with E-state index in [2.05, 4.69) is 15.1 Å². The van der Waals surface area contributed by atoms with Gasteiger partial charge < -0.3 is 5.73 Å². The van der Waals surface area contributed by atoms with Crippen LogP contribution in [0, 0.1) is 6.92 Å². The standard InChI is InChI=1S/C9H9N5O/c1-6-7(9(10)15)5-14(13-6)8-4-11-2-3-12-8/h2-5H,1H3,(H2,10,15). The Hall–Kier alpha value is -2.24. The zero-order valence-electron chi connectivity index (χ0n) is 8.08. The van der Waals surface area contributed by atoms with Crippen LogP contribution in [-0.2, 0) is 0 Å². The number of nitrogens with zero attached hydrogens (tertiary/aromatic N) is 4. The van der Waals surface area contributed by atoms with Crippen molar-refractivity contribution in [3.05, 3.63) is 36.0 Å². The highest BCUT2D eigenvalue weighted by Crippen LogP contribution is 2.08. The number of aromatic nitrogens is 4. The molecule has 0 aliphatic heterocycles. The van der Waals surface area contributed by atoms with Crippen LogP contribution in [0.1, 0.15) is 16.1 Å². The minimum Gasteiger partial charge on any atom is -0.365 e. The molecule has 2 N–H and O–H groups in total. The summed E-state index contributed by atoms with van der Waals surface area (Å²) in [6.07, 6.45) is 6.21.